The van der Waals surface area contributed by atoms with Crippen LogP contribution >= 0.6 is 0 Å². The van der Waals surface area contributed by atoms with Gasteiger partial charge in [-0.2, -0.15) is 0 Å². The van der Waals surface area contributed by atoms with E-state index in [1.807, 2.05) is 25.1 Å². The second-order valence-corrected chi connectivity index (χ2v) is 4.37. The highest BCUT2D eigenvalue weighted by Crippen LogP contribution is 2.10. The first-order valence-corrected chi connectivity index (χ1v) is 5.52. The molecule has 1 heterocycles. The Labute approximate surface area is 92.1 Å². The summed E-state index contributed by atoms with van der Waals surface area (Å²) in [5.41, 5.74) is 6.74. The quantitative estimate of drug-likeness (QED) is 0.778. The zero-order valence-electron chi connectivity index (χ0n) is 9.83. The van der Waals surface area contributed by atoms with Gasteiger partial charge in [0.2, 0.25) is 0 Å². The number of rotatable bonds is 5. The Bertz CT molecular complexity index is 297. The van der Waals surface area contributed by atoms with Crippen molar-refractivity contribution in [3.8, 4) is 0 Å². The van der Waals surface area contributed by atoms with Crippen molar-refractivity contribution >= 4 is 5.82 Å². The van der Waals surface area contributed by atoms with E-state index < -0.39 is 0 Å². The molecule has 0 spiro atoms. The lowest BCUT2D eigenvalue weighted by atomic mass is 10.0. The molecule has 0 bridgehead atoms. The Morgan fingerprint density at radius 2 is 2.13 bits per heavy atom. The van der Waals surface area contributed by atoms with Crippen molar-refractivity contribution < 1.29 is 0 Å². The monoisotopic (exact) mass is 207 g/mol. The maximum absolute atomic E-state index is 5.72. The van der Waals surface area contributed by atoms with E-state index in [0.29, 0.717) is 18.5 Å². The molecule has 1 atom stereocenters. The van der Waals surface area contributed by atoms with E-state index >= 15 is 0 Å². The Kier molecular flexibility index (Phi) is 4.56. The molecule has 0 radical (unpaired) electrons. The molecule has 1 aromatic heterocycles. The first-order chi connectivity index (χ1) is 7.11. The van der Waals surface area contributed by atoms with Gasteiger partial charge in [0.1, 0.15) is 5.82 Å². The molecule has 1 unspecified atom stereocenters. The van der Waals surface area contributed by atoms with Crippen LogP contribution in [0.15, 0.2) is 18.2 Å². The summed E-state index contributed by atoms with van der Waals surface area (Å²) >= 11 is 0. The normalized spacial score (nSPS) is 12.9. The molecule has 1 rings (SSSR count). The Morgan fingerprint density at radius 3 is 2.67 bits per heavy atom. The van der Waals surface area contributed by atoms with Crippen LogP contribution in [0.4, 0.5) is 5.82 Å². The average molecular weight is 207 g/mol. The molecule has 0 fully saturated rings. The molecule has 0 saturated heterocycles. The molecule has 0 saturated carbocycles. The van der Waals surface area contributed by atoms with E-state index in [1.54, 1.807) is 0 Å². The summed E-state index contributed by atoms with van der Waals surface area (Å²) in [6.45, 7) is 7.04. The van der Waals surface area contributed by atoms with Crippen LogP contribution in [0.3, 0.4) is 0 Å². The van der Waals surface area contributed by atoms with Gasteiger partial charge in [-0.1, -0.05) is 19.9 Å². The van der Waals surface area contributed by atoms with Gasteiger partial charge >= 0.3 is 0 Å². The second-order valence-electron chi connectivity index (χ2n) is 4.37. The van der Waals surface area contributed by atoms with E-state index in [1.165, 1.54) is 0 Å². The summed E-state index contributed by atoms with van der Waals surface area (Å²) < 4.78 is 0. The van der Waals surface area contributed by atoms with Crippen LogP contribution in [-0.2, 0) is 0 Å². The summed E-state index contributed by atoms with van der Waals surface area (Å²) in [7, 11) is 0. The lowest BCUT2D eigenvalue weighted by molar-refractivity contribution is 0.521. The van der Waals surface area contributed by atoms with E-state index in [9.17, 15) is 0 Å². The fourth-order valence-corrected chi connectivity index (χ4v) is 1.62. The molecular weight excluding hydrogens is 186 g/mol. The SMILES string of the molecule is Cc1cccc(NC(CN)CC(C)C)n1. The lowest BCUT2D eigenvalue weighted by Crippen LogP contribution is -2.30. The second kappa shape index (κ2) is 5.71. The van der Waals surface area contributed by atoms with Crippen LogP contribution in [-0.4, -0.2) is 17.6 Å². The molecule has 84 valence electrons. The van der Waals surface area contributed by atoms with Gasteiger partial charge in [0, 0.05) is 18.3 Å². The zero-order chi connectivity index (χ0) is 11.3. The highest BCUT2D eigenvalue weighted by atomic mass is 15.0. The topological polar surface area (TPSA) is 50.9 Å². The minimum Gasteiger partial charge on any atom is -0.366 e. The Morgan fingerprint density at radius 1 is 1.40 bits per heavy atom. The predicted octanol–water partition coefficient (Wildman–Crippen LogP) is 2.18. The van der Waals surface area contributed by atoms with Crippen LogP contribution in [0.5, 0.6) is 0 Å². The molecule has 3 nitrogen and oxygen atoms in total. The molecule has 0 aliphatic heterocycles. The van der Waals surface area contributed by atoms with Crippen LogP contribution in [0.2, 0.25) is 0 Å². The molecule has 0 aliphatic rings. The van der Waals surface area contributed by atoms with Crippen LogP contribution in [0, 0.1) is 12.8 Å². The largest absolute Gasteiger partial charge is 0.366 e. The third-order valence-electron chi connectivity index (χ3n) is 2.28. The van der Waals surface area contributed by atoms with Gasteiger partial charge in [0.05, 0.1) is 0 Å². The number of nitrogens with one attached hydrogen (secondary N) is 1. The number of hydrogen-bond donors (Lipinski definition) is 2. The fraction of sp³-hybridized carbons (Fsp3) is 0.583. The molecule has 0 aromatic carbocycles. The first-order valence-electron chi connectivity index (χ1n) is 5.52. The number of aromatic nitrogens is 1. The van der Waals surface area contributed by atoms with Crippen molar-refractivity contribution in [2.24, 2.45) is 11.7 Å². The third-order valence-corrected chi connectivity index (χ3v) is 2.28. The van der Waals surface area contributed by atoms with E-state index in [4.69, 9.17) is 5.73 Å². The number of nitrogens with zero attached hydrogens (tertiary/aromatic N) is 1. The minimum absolute atomic E-state index is 0.319. The van der Waals surface area contributed by atoms with Gasteiger partial charge in [-0.3, -0.25) is 0 Å². The van der Waals surface area contributed by atoms with Crippen molar-refractivity contribution in [1.29, 1.82) is 0 Å². The molecule has 15 heavy (non-hydrogen) atoms. The van der Waals surface area contributed by atoms with E-state index in [0.717, 1.165) is 17.9 Å². The Balaban J connectivity index is 2.58. The van der Waals surface area contributed by atoms with Gasteiger partial charge in [-0.15, -0.1) is 0 Å². The zero-order valence-corrected chi connectivity index (χ0v) is 9.83. The fourth-order valence-electron chi connectivity index (χ4n) is 1.62. The van der Waals surface area contributed by atoms with E-state index in [2.05, 4.69) is 24.1 Å². The highest BCUT2D eigenvalue weighted by molar-refractivity contribution is 5.36. The van der Waals surface area contributed by atoms with Crippen LogP contribution < -0.4 is 11.1 Å². The molecule has 0 aliphatic carbocycles. The van der Waals surface area contributed by atoms with Gasteiger partial charge in [0.25, 0.3) is 0 Å². The van der Waals surface area contributed by atoms with Crippen LogP contribution in [0.25, 0.3) is 0 Å². The molecule has 3 N–H and O–H groups in total. The van der Waals surface area contributed by atoms with E-state index in [-0.39, 0.29) is 0 Å². The van der Waals surface area contributed by atoms with Crippen molar-refractivity contribution in [2.45, 2.75) is 33.2 Å². The summed E-state index contributed by atoms with van der Waals surface area (Å²) in [6, 6.07) is 6.30. The molecular formula is C12H21N3. The predicted molar refractivity (Wildman–Crippen MR) is 64.9 cm³/mol. The van der Waals surface area contributed by atoms with Gasteiger partial charge < -0.3 is 11.1 Å². The number of nitrogens with two attached hydrogens (primary N) is 1. The number of pyridine rings is 1. The third kappa shape index (κ3) is 4.30. The first kappa shape index (κ1) is 12.0. The number of aryl methyl sites for hydroxylation is 1. The minimum atomic E-state index is 0.319. The maximum atomic E-state index is 5.72. The molecule has 3 heteroatoms. The molecule has 1 aromatic rings. The van der Waals surface area contributed by atoms with Crippen LogP contribution in [0.1, 0.15) is 26.0 Å². The average Bonchev–Trinajstić information content (AvgIpc) is 2.16. The molecule has 0 amide bonds. The van der Waals surface area contributed by atoms with Crippen molar-refractivity contribution in [1.82, 2.24) is 4.98 Å². The summed E-state index contributed by atoms with van der Waals surface area (Å²) in [4.78, 5) is 4.40. The van der Waals surface area contributed by atoms with Gasteiger partial charge in [-0.25, -0.2) is 4.98 Å². The van der Waals surface area contributed by atoms with Crippen molar-refractivity contribution in [2.75, 3.05) is 11.9 Å². The Hall–Kier alpha value is -1.09. The lowest BCUT2D eigenvalue weighted by Gasteiger charge is -2.19. The highest BCUT2D eigenvalue weighted by Gasteiger charge is 2.08. The van der Waals surface area contributed by atoms with Crippen molar-refractivity contribution in [3.63, 3.8) is 0 Å². The standard InChI is InChI=1S/C12H21N3/c1-9(2)7-11(8-13)15-12-6-4-5-10(3)14-12/h4-6,9,11H,7-8,13H2,1-3H3,(H,14,15). The summed E-state index contributed by atoms with van der Waals surface area (Å²) in [5, 5.41) is 3.36. The number of anilines is 1. The number of hydrogen-bond acceptors (Lipinski definition) is 3. The summed E-state index contributed by atoms with van der Waals surface area (Å²) in [5.74, 6) is 1.57. The summed E-state index contributed by atoms with van der Waals surface area (Å²) in [6.07, 6.45) is 1.08. The van der Waals surface area contributed by atoms with Crippen molar-refractivity contribution in [3.05, 3.63) is 23.9 Å². The smallest absolute Gasteiger partial charge is 0.126 e. The maximum Gasteiger partial charge on any atom is 0.126 e. The van der Waals surface area contributed by atoms with Gasteiger partial charge in [0.15, 0.2) is 0 Å². The van der Waals surface area contributed by atoms with Gasteiger partial charge in [-0.05, 0) is 31.4 Å².